The maximum Gasteiger partial charge on any atom is 0.356 e. The standard InChI is InChI=1S/C12H19N3O3/c1-7(2)10-13-5-8(9(14-10)11(17)18)15-12(3,4)6-16/h5,7,15-16H,6H2,1-4H3,(H,17,18). The Kier molecular flexibility index (Phi) is 4.24. The van der Waals surface area contributed by atoms with Crippen LogP contribution in [0.1, 0.15) is 49.9 Å². The van der Waals surface area contributed by atoms with Crippen molar-refractivity contribution < 1.29 is 15.0 Å². The molecular formula is C12H19N3O3. The summed E-state index contributed by atoms with van der Waals surface area (Å²) in [5.41, 5.74) is -0.395. The molecule has 0 aliphatic rings. The van der Waals surface area contributed by atoms with Gasteiger partial charge in [-0.1, -0.05) is 13.8 Å². The third kappa shape index (κ3) is 3.40. The zero-order chi connectivity index (χ0) is 13.9. The summed E-state index contributed by atoms with van der Waals surface area (Å²) < 4.78 is 0. The molecule has 6 nitrogen and oxygen atoms in total. The molecule has 0 saturated carbocycles. The Morgan fingerprint density at radius 1 is 1.50 bits per heavy atom. The number of carboxylic acid groups (broad SMARTS) is 1. The van der Waals surface area contributed by atoms with Crippen LogP contribution in [0.4, 0.5) is 5.69 Å². The number of aliphatic hydroxyl groups is 1. The molecule has 18 heavy (non-hydrogen) atoms. The average Bonchev–Trinajstić information content (AvgIpc) is 2.28. The molecule has 0 aliphatic heterocycles. The van der Waals surface area contributed by atoms with Crippen LogP contribution in [-0.4, -0.2) is 38.3 Å². The van der Waals surface area contributed by atoms with E-state index in [9.17, 15) is 9.90 Å². The Hall–Kier alpha value is -1.69. The fourth-order valence-electron chi connectivity index (χ4n) is 1.33. The van der Waals surface area contributed by atoms with Crippen LogP contribution in [0.25, 0.3) is 0 Å². The van der Waals surface area contributed by atoms with E-state index in [1.54, 1.807) is 13.8 Å². The summed E-state index contributed by atoms with van der Waals surface area (Å²) in [7, 11) is 0. The van der Waals surface area contributed by atoms with E-state index in [0.717, 1.165) is 0 Å². The zero-order valence-electron chi connectivity index (χ0n) is 11.1. The topological polar surface area (TPSA) is 95.3 Å². The van der Waals surface area contributed by atoms with Gasteiger partial charge in [-0.15, -0.1) is 0 Å². The van der Waals surface area contributed by atoms with Gasteiger partial charge in [-0.2, -0.15) is 0 Å². The largest absolute Gasteiger partial charge is 0.476 e. The van der Waals surface area contributed by atoms with Crippen LogP contribution in [0.15, 0.2) is 6.20 Å². The van der Waals surface area contributed by atoms with E-state index in [0.29, 0.717) is 11.5 Å². The first-order valence-electron chi connectivity index (χ1n) is 5.76. The molecule has 0 spiro atoms. The first-order chi connectivity index (χ1) is 8.26. The van der Waals surface area contributed by atoms with Crippen LogP contribution in [0.5, 0.6) is 0 Å². The SMILES string of the molecule is CC(C)c1ncc(NC(C)(C)CO)c(C(=O)O)n1. The van der Waals surface area contributed by atoms with Crippen molar-refractivity contribution in [3.63, 3.8) is 0 Å². The zero-order valence-corrected chi connectivity index (χ0v) is 11.1. The second-order valence-electron chi connectivity index (χ2n) is 5.12. The van der Waals surface area contributed by atoms with Crippen molar-refractivity contribution in [3.8, 4) is 0 Å². The summed E-state index contributed by atoms with van der Waals surface area (Å²) in [4.78, 5) is 19.3. The number of nitrogens with one attached hydrogen (secondary N) is 1. The number of carbonyl (C=O) groups is 1. The highest BCUT2D eigenvalue weighted by atomic mass is 16.4. The molecule has 0 fully saturated rings. The quantitative estimate of drug-likeness (QED) is 0.735. The molecule has 0 saturated heterocycles. The second kappa shape index (κ2) is 5.30. The van der Waals surface area contributed by atoms with Gasteiger partial charge in [0.25, 0.3) is 0 Å². The Bertz CT molecular complexity index is 444. The highest BCUT2D eigenvalue weighted by molar-refractivity contribution is 5.91. The molecule has 0 unspecified atom stereocenters. The van der Waals surface area contributed by atoms with Crippen molar-refractivity contribution in [2.24, 2.45) is 0 Å². The number of aromatic nitrogens is 2. The van der Waals surface area contributed by atoms with Crippen LogP contribution >= 0.6 is 0 Å². The number of rotatable bonds is 5. The normalized spacial score (nSPS) is 11.7. The van der Waals surface area contributed by atoms with Crippen LogP contribution in [-0.2, 0) is 0 Å². The number of aromatic carboxylic acids is 1. The lowest BCUT2D eigenvalue weighted by molar-refractivity contribution is 0.0690. The molecule has 1 rings (SSSR count). The van der Waals surface area contributed by atoms with Gasteiger partial charge in [-0.05, 0) is 13.8 Å². The molecule has 1 heterocycles. The Morgan fingerprint density at radius 2 is 2.11 bits per heavy atom. The molecule has 0 radical (unpaired) electrons. The minimum Gasteiger partial charge on any atom is -0.476 e. The van der Waals surface area contributed by atoms with E-state index in [-0.39, 0.29) is 18.2 Å². The smallest absolute Gasteiger partial charge is 0.356 e. The summed E-state index contributed by atoms with van der Waals surface area (Å²) in [6.07, 6.45) is 1.45. The van der Waals surface area contributed by atoms with E-state index in [4.69, 9.17) is 5.11 Å². The number of anilines is 1. The van der Waals surface area contributed by atoms with Crippen molar-refractivity contribution in [2.45, 2.75) is 39.2 Å². The molecule has 100 valence electrons. The minimum atomic E-state index is -1.12. The molecule has 1 aromatic rings. The number of hydrogen-bond donors (Lipinski definition) is 3. The first kappa shape index (κ1) is 14.4. The van der Waals surface area contributed by atoms with Gasteiger partial charge < -0.3 is 15.5 Å². The van der Waals surface area contributed by atoms with Crippen molar-refractivity contribution in [3.05, 3.63) is 17.7 Å². The van der Waals surface area contributed by atoms with Crippen molar-refractivity contribution in [1.29, 1.82) is 0 Å². The summed E-state index contributed by atoms with van der Waals surface area (Å²) in [5, 5.41) is 21.3. The van der Waals surface area contributed by atoms with Gasteiger partial charge in [-0.25, -0.2) is 14.8 Å². The molecule has 6 heteroatoms. The third-order valence-electron chi connectivity index (χ3n) is 2.39. The molecule has 0 atom stereocenters. The molecule has 3 N–H and O–H groups in total. The second-order valence-corrected chi connectivity index (χ2v) is 5.12. The summed E-state index contributed by atoms with van der Waals surface area (Å²) in [6, 6.07) is 0. The highest BCUT2D eigenvalue weighted by Crippen LogP contribution is 2.20. The first-order valence-corrected chi connectivity index (χ1v) is 5.76. The van der Waals surface area contributed by atoms with Gasteiger partial charge in [0.1, 0.15) is 5.82 Å². The van der Waals surface area contributed by atoms with Crippen molar-refractivity contribution in [1.82, 2.24) is 9.97 Å². The minimum absolute atomic E-state index is 0.0583. The summed E-state index contributed by atoms with van der Waals surface area (Å²) in [6.45, 7) is 7.18. The fraction of sp³-hybridized carbons (Fsp3) is 0.583. The third-order valence-corrected chi connectivity index (χ3v) is 2.39. The molecule has 1 aromatic heterocycles. The van der Waals surface area contributed by atoms with Gasteiger partial charge in [0, 0.05) is 5.92 Å². The van der Waals surface area contributed by atoms with E-state index in [1.807, 2.05) is 13.8 Å². The highest BCUT2D eigenvalue weighted by Gasteiger charge is 2.22. The predicted molar refractivity (Wildman–Crippen MR) is 67.9 cm³/mol. The molecule has 0 aliphatic carbocycles. The van der Waals surface area contributed by atoms with Crippen molar-refractivity contribution in [2.75, 3.05) is 11.9 Å². The molecule has 0 bridgehead atoms. The van der Waals surface area contributed by atoms with E-state index in [2.05, 4.69) is 15.3 Å². The molecular weight excluding hydrogens is 234 g/mol. The summed E-state index contributed by atoms with van der Waals surface area (Å²) >= 11 is 0. The van der Waals surface area contributed by atoms with Crippen LogP contribution in [0.3, 0.4) is 0 Å². The van der Waals surface area contributed by atoms with Crippen LogP contribution in [0.2, 0.25) is 0 Å². The van der Waals surface area contributed by atoms with Crippen molar-refractivity contribution >= 4 is 11.7 Å². The van der Waals surface area contributed by atoms with E-state index >= 15 is 0 Å². The number of carboxylic acids is 1. The van der Waals surface area contributed by atoms with Gasteiger partial charge in [0.2, 0.25) is 0 Å². The summed E-state index contributed by atoms with van der Waals surface area (Å²) in [5.74, 6) is -0.571. The number of hydrogen-bond acceptors (Lipinski definition) is 5. The van der Waals surface area contributed by atoms with Gasteiger partial charge >= 0.3 is 5.97 Å². The van der Waals surface area contributed by atoms with Crippen LogP contribution < -0.4 is 5.32 Å². The lowest BCUT2D eigenvalue weighted by atomic mass is 10.1. The van der Waals surface area contributed by atoms with E-state index in [1.165, 1.54) is 6.20 Å². The fourth-order valence-corrected chi connectivity index (χ4v) is 1.33. The Balaban J connectivity index is 3.16. The maximum atomic E-state index is 11.2. The Labute approximate surface area is 106 Å². The average molecular weight is 253 g/mol. The number of nitrogens with zero attached hydrogens (tertiary/aromatic N) is 2. The molecule has 0 amide bonds. The molecule has 0 aromatic carbocycles. The number of aliphatic hydroxyl groups excluding tert-OH is 1. The van der Waals surface area contributed by atoms with Gasteiger partial charge in [0.05, 0.1) is 24.0 Å². The van der Waals surface area contributed by atoms with E-state index < -0.39 is 11.5 Å². The monoisotopic (exact) mass is 253 g/mol. The van der Waals surface area contributed by atoms with Gasteiger partial charge in [0.15, 0.2) is 5.69 Å². The van der Waals surface area contributed by atoms with Gasteiger partial charge in [-0.3, -0.25) is 0 Å². The lowest BCUT2D eigenvalue weighted by Gasteiger charge is -2.25. The predicted octanol–water partition coefficient (Wildman–Crippen LogP) is 1.48. The maximum absolute atomic E-state index is 11.2. The lowest BCUT2D eigenvalue weighted by Crippen LogP contribution is -2.35. The Morgan fingerprint density at radius 3 is 2.56 bits per heavy atom. The van der Waals surface area contributed by atoms with Crippen LogP contribution in [0, 0.1) is 0 Å².